The predicted octanol–water partition coefficient (Wildman–Crippen LogP) is 9.16. The summed E-state index contributed by atoms with van der Waals surface area (Å²) in [4.78, 5) is 20.5. The number of hydrogen-bond donors (Lipinski definition) is 0. The van der Waals surface area contributed by atoms with Gasteiger partial charge in [0.2, 0.25) is 0 Å². The second-order valence-electron chi connectivity index (χ2n) is 10.7. The lowest BCUT2D eigenvalue weighted by Gasteiger charge is -2.14. The van der Waals surface area contributed by atoms with Crippen molar-refractivity contribution < 1.29 is 0 Å². The quantitative estimate of drug-likeness (QED) is 0.206. The number of para-hydroxylation sites is 1. The second-order valence-corrected chi connectivity index (χ2v) is 10.7. The van der Waals surface area contributed by atoms with Crippen molar-refractivity contribution in [3.8, 4) is 28.5 Å². The fourth-order valence-corrected chi connectivity index (χ4v) is 6.27. The van der Waals surface area contributed by atoms with Gasteiger partial charge in [-0.2, -0.15) is 0 Å². The standard InChI is InChI=1S/C38H23N5/c1-2-11-26(12-3-1)37-41-35(29-16-8-13-24-10-4-5-14-27(24)29)31-21-19-25-20-22-33(40-34(25)36(31)42-37)43-32-18-7-6-15-28(32)30-17-9-23-39-38(30)43/h1-23H. The van der Waals surface area contributed by atoms with Gasteiger partial charge in [-0.05, 0) is 47.2 Å². The van der Waals surface area contributed by atoms with Crippen LogP contribution in [0.4, 0.5) is 0 Å². The molecule has 200 valence electrons. The minimum absolute atomic E-state index is 0.675. The van der Waals surface area contributed by atoms with Gasteiger partial charge in [0, 0.05) is 38.9 Å². The summed E-state index contributed by atoms with van der Waals surface area (Å²) < 4.78 is 2.15. The van der Waals surface area contributed by atoms with Crippen molar-refractivity contribution in [2.24, 2.45) is 0 Å². The average molecular weight is 550 g/mol. The monoisotopic (exact) mass is 549 g/mol. The maximum Gasteiger partial charge on any atom is 0.160 e. The number of pyridine rings is 2. The van der Waals surface area contributed by atoms with Gasteiger partial charge in [0.25, 0.3) is 0 Å². The van der Waals surface area contributed by atoms with E-state index >= 15 is 0 Å². The Hall–Kier alpha value is -5.94. The zero-order valence-electron chi connectivity index (χ0n) is 23.0. The lowest BCUT2D eigenvalue weighted by atomic mass is 9.98. The van der Waals surface area contributed by atoms with Crippen LogP contribution in [-0.4, -0.2) is 24.5 Å². The summed E-state index contributed by atoms with van der Waals surface area (Å²) in [6, 6.07) is 46.0. The molecular weight excluding hydrogens is 526 g/mol. The van der Waals surface area contributed by atoms with E-state index in [-0.39, 0.29) is 0 Å². The van der Waals surface area contributed by atoms with Gasteiger partial charge in [-0.3, -0.25) is 4.57 Å². The molecule has 5 aromatic carbocycles. The van der Waals surface area contributed by atoms with Gasteiger partial charge >= 0.3 is 0 Å². The van der Waals surface area contributed by atoms with Gasteiger partial charge in [0.05, 0.1) is 16.7 Å². The number of aromatic nitrogens is 5. The zero-order chi connectivity index (χ0) is 28.3. The van der Waals surface area contributed by atoms with Crippen molar-refractivity contribution in [2.45, 2.75) is 0 Å². The van der Waals surface area contributed by atoms with E-state index in [0.29, 0.717) is 5.82 Å². The number of nitrogens with zero attached hydrogens (tertiary/aromatic N) is 5. The molecule has 0 amide bonds. The smallest absolute Gasteiger partial charge is 0.160 e. The van der Waals surface area contributed by atoms with Crippen LogP contribution in [0.5, 0.6) is 0 Å². The molecule has 0 bridgehead atoms. The number of fused-ring (bicyclic) bond motifs is 7. The van der Waals surface area contributed by atoms with Gasteiger partial charge < -0.3 is 0 Å². The normalized spacial score (nSPS) is 11.7. The van der Waals surface area contributed by atoms with Crippen LogP contribution in [-0.2, 0) is 0 Å². The van der Waals surface area contributed by atoms with Crippen molar-refractivity contribution in [1.29, 1.82) is 0 Å². The second kappa shape index (κ2) is 9.29. The van der Waals surface area contributed by atoms with Crippen molar-refractivity contribution in [3.05, 3.63) is 140 Å². The lowest BCUT2D eigenvalue weighted by Crippen LogP contribution is -2.01. The van der Waals surface area contributed by atoms with Gasteiger partial charge in [-0.1, -0.05) is 97.1 Å². The molecule has 0 N–H and O–H groups in total. The Morgan fingerprint density at radius 2 is 1.23 bits per heavy atom. The fourth-order valence-electron chi connectivity index (χ4n) is 6.27. The van der Waals surface area contributed by atoms with Crippen molar-refractivity contribution >= 4 is 54.5 Å². The number of hydrogen-bond acceptors (Lipinski definition) is 4. The van der Waals surface area contributed by atoms with E-state index in [1.54, 1.807) is 0 Å². The molecule has 9 rings (SSSR count). The fraction of sp³-hybridized carbons (Fsp3) is 0. The number of benzene rings is 5. The third kappa shape index (κ3) is 3.65. The highest BCUT2D eigenvalue weighted by atomic mass is 15.1. The first kappa shape index (κ1) is 23.7. The Bertz CT molecular complexity index is 2460. The van der Waals surface area contributed by atoms with Crippen molar-refractivity contribution in [1.82, 2.24) is 24.5 Å². The van der Waals surface area contributed by atoms with Crippen LogP contribution < -0.4 is 0 Å². The molecule has 0 spiro atoms. The van der Waals surface area contributed by atoms with Crippen LogP contribution in [0.1, 0.15) is 0 Å². The molecule has 4 aromatic heterocycles. The molecule has 0 aliphatic rings. The molecule has 9 aromatic rings. The summed E-state index contributed by atoms with van der Waals surface area (Å²) in [7, 11) is 0. The Kier molecular flexibility index (Phi) is 5.13. The van der Waals surface area contributed by atoms with Crippen LogP contribution >= 0.6 is 0 Å². The minimum atomic E-state index is 0.675. The van der Waals surface area contributed by atoms with Crippen LogP contribution in [0, 0.1) is 0 Å². The predicted molar refractivity (Wildman–Crippen MR) is 175 cm³/mol. The molecule has 0 saturated carbocycles. The summed E-state index contributed by atoms with van der Waals surface area (Å²) >= 11 is 0. The Morgan fingerprint density at radius 1 is 0.465 bits per heavy atom. The van der Waals surface area contributed by atoms with E-state index in [4.69, 9.17) is 19.9 Å². The first-order chi connectivity index (χ1) is 21.3. The summed E-state index contributed by atoms with van der Waals surface area (Å²) in [6.45, 7) is 0. The highest BCUT2D eigenvalue weighted by Crippen LogP contribution is 2.37. The Morgan fingerprint density at radius 3 is 2.16 bits per heavy atom. The highest BCUT2D eigenvalue weighted by Gasteiger charge is 2.18. The molecule has 4 heterocycles. The van der Waals surface area contributed by atoms with E-state index in [9.17, 15) is 0 Å². The van der Waals surface area contributed by atoms with E-state index < -0.39 is 0 Å². The summed E-state index contributed by atoms with van der Waals surface area (Å²) in [5.41, 5.74) is 6.54. The van der Waals surface area contributed by atoms with Crippen molar-refractivity contribution in [2.75, 3.05) is 0 Å². The molecule has 0 aliphatic carbocycles. The molecule has 0 aliphatic heterocycles. The van der Waals surface area contributed by atoms with Gasteiger partial charge in [0.1, 0.15) is 17.0 Å². The highest BCUT2D eigenvalue weighted by molar-refractivity contribution is 6.12. The first-order valence-corrected chi connectivity index (χ1v) is 14.3. The number of rotatable bonds is 3. The molecular formula is C38H23N5. The third-order valence-corrected chi connectivity index (χ3v) is 8.25. The van der Waals surface area contributed by atoms with Gasteiger partial charge in [0.15, 0.2) is 5.82 Å². The van der Waals surface area contributed by atoms with Crippen LogP contribution in [0.25, 0.3) is 83.0 Å². The maximum atomic E-state index is 5.31. The van der Waals surface area contributed by atoms with Crippen LogP contribution in [0.15, 0.2) is 140 Å². The largest absolute Gasteiger partial charge is 0.278 e. The van der Waals surface area contributed by atoms with Gasteiger partial charge in [-0.15, -0.1) is 0 Å². The summed E-state index contributed by atoms with van der Waals surface area (Å²) in [5.74, 6) is 1.48. The van der Waals surface area contributed by atoms with Crippen LogP contribution in [0.3, 0.4) is 0 Å². The van der Waals surface area contributed by atoms with Crippen LogP contribution in [0.2, 0.25) is 0 Å². The molecule has 43 heavy (non-hydrogen) atoms. The minimum Gasteiger partial charge on any atom is -0.278 e. The SMILES string of the molecule is c1ccc(-c2nc(-c3cccc4ccccc34)c3ccc4ccc(-n5c6ccccc6c6cccnc65)nc4c3n2)cc1. The van der Waals surface area contributed by atoms with Gasteiger partial charge in [-0.25, -0.2) is 19.9 Å². The molecule has 0 unspecified atom stereocenters. The molecule has 0 saturated heterocycles. The van der Waals surface area contributed by atoms with E-state index in [1.807, 2.05) is 30.5 Å². The lowest BCUT2D eigenvalue weighted by molar-refractivity contribution is 1.07. The summed E-state index contributed by atoms with van der Waals surface area (Å²) in [5, 5.41) is 6.57. The molecule has 5 heteroatoms. The first-order valence-electron chi connectivity index (χ1n) is 14.3. The Balaban J connectivity index is 1.39. The van der Waals surface area contributed by atoms with Crippen molar-refractivity contribution in [3.63, 3.8) is 0 Å². The van der Waals surface area contributed by atoms with E-state index in [0.717, 1.165) is 71.8 Å². The zero-order valence-corrected chi connectivity index (χ0v) is 23.0. The molecule has 0 atom stereocenters. The summed E-state index contributed by atoms with van der Waals surface area (Å²) in [6.07, 6.45) is 1.84. The topological polar surface area (TPSA) is 56.5 Å². The van der Waals surface area contributed by atoms with E-state index in [1.165, 1.54) is 5.39 Å². The molecule has 5 nitrogen and oxygen atoms in total. The van der Waals surface area contributed by atoms with E-state index in [2.05, 4.69) is 114 Å². The Labute approximate surface area is 246 Å². The molecule has 0 radical (unpaired) electrons. The maximum absolute atomic E-state index is 5.31. The third-order valence-electron chi connectivity index (χ3n) is 8.25. The molecule has 0 fully saturated rings. The average Bonchev–Trinajstić information content (AvgIpc) is 3.42.